The number of carbonyl (C=O) groups excluding carboxylic acids is 1. The monoisotopic (exact) mass is 478 g/mol. The Kier molecular flexibility index (Phi) is 6.32. The van der Waals surface area contributed by atoms with Gasteiger partial charge < -0.3 is 0 Å². The van der Waals surface area contributed by atoms with Crippen LogP contribution < -0.4 is 16.4 Å². The highest BCUT2D eigenvalue weighted by Gasteiger charge is 2.15. The lowest BCUT2D eigenvalue weighted by Crippen LogP contribution is -2.37. The number of aromatic nitrogens is 2. The second kappa shape index (κ2) is 9.87. The second-order valence-corrected chi connectivity index (χ2v) is 8.80. The standard InChI is InChI=1S/C28H22N4O2S/c1-19(22-16-9-11-20-10-5-6-14-23(20)22)30-31-26(33)18-35-28-29-25-17-8-7-15-24(25)27(34)32(28)21-12-3-2-4-13-21/h2-17,30H,1,18H2,(H,31,33). The summed E-state index contributed by atoms with van der Waals surface area (Å²) in [7, 11) is 0. The van der Waals surface area contributed by atoms with Gasteiger partial charge in [-0.25, -0.2) is 4.98 Å². The molecular weight excluding hydrogens is 456 g/mol. The molecule has 4 aromatic carbocycles. The van der Waals surface area contributed by atoms with Crippen molar-refractivity contribution >= 4 is 45.0 Å². The van der Waals surface area contributed by atoms with Crippen molar-refractivity contribution < 1.29 is 4.79 Å². The van der Waals surface area contributed by atoms with E-state index in [1.54, 1.807) is 16.7 Å². The molecule has 172 valence electrons. The Balaban J connectivity index is 1.33. The number of hydrogen-bond donors (Lipinski definition) is 2. The van der Waals surface area contributed by atoms with Gasteiger partial charge in [-0.3, -0.25) is 25.0 Å². The van der Waals surface area contributed by atoms with E-state index in [1.807, 2.05) is 84.9 Å². The maximum absolute atomic E-state index is 13.3. The molecule has 5 rings (SSSR count). The van der Waals surface area contributed by atoms with E-state index in [9.17, 15) is 9.59 Å². The third-order valence-electron chi connectivity index (χ3n) is 5.56. The minimum absolute atomic E-state index is 0.0629. The van der Waals surface area contributed by atoms with Crippen molar-refractivity contribution in [3.8, 4) is 5.69 Å². The Morgan fingerprint density at radius 2 is 1.51 bits per heavy atom. The number of amides is 1. The number of fused-ring (bicyclic) bond motifs is 2. The molecule has 0 spiro atoms. The van der Waals surface area contributed by atoms with Gasteiger partial charge >= 0.3 is 0 Å². The Morgan fingerprint density at radius 3 is 2.34 bits per heavy atom. The number of para-hydroxylation sites is 2. The molecule has 2 N–H and O–H groups in total. The normalized spacial score (nSPS) is 10.9. The van der Waals surface area contributed by atoms with E-state index in [-0.39, 0.29) is 17.2 Å². The van der Waals surface area contributed by atoms with Gasteiger partial charge in [0.25, 0.3) is 5.56 Å². The van der Waals surface area contributed by atoms with Crippen molar-refractivity contribution in [2.24, 2.45) is 0 Å². The molecule has 5 aromatic rings. The van der Waals surface area contributed by atoms with Gasteiger partial charge in [0.05, 0.1) is 28.0 Å². The number of thioether (sulfide) groups is 1. The van der Waals surface area contributed by atoms with Crippen LogP contribution in [0.2, 0.25) is 0 Å². The van der Waals surface area contributed by atoms with Crippen LogP contribution in [0, 0.1) is 0 Å². The molecule has 1 aromatic heterocycles. The van der Waals surface area contributed by atoms with Crippen LogP contribution in [0.3, 0.4) is 0 Å². The Labute approximate surface area is 206 Å². The third kappa shape index (κ3) is 4.67. The summed E-state index contributed by atoms with van der Waals surface area (Å²) in [4.78, 5) is 30.6. The summed E-state index contributed by atoms with van der Waals surface area (Å²) < 4.78 is 1.54. The average molecular weight is 479 g/mol. The number of nitrogens with one attached hydrogen (secondary N) is 2. The first-order valence-electron chi connectivity index (χ1n) is 11.0. The van der Waals surface area contributed by atoms with E-state index >= 15 is 0 Å². The lowest BCUT2D eigenvalue weighted by molar-refractivity contribution is -0.119. The average Bonchev–Trinajstić information content (AvgIpc) is 2.90. The van der Waals surface area contributed by atoms with E-state index in [1.165, 1.54) is 11.8 Å². The fourth-order valence-electron chi connectivity index (χ4n) is 3.88. The first-order valence-corrected chi connectivity index (χ1v) is 12.0. The molecule has 7 heteroatoms. The van der Waals surface area contributed by atoms with Crippen LogP contribution in [0.25, 0.3) is 33.1 Å². The Bertz CT molecular complexity index is 1610. The molecule has 0 aliphatic heterocycles. The van der Waals surface area contributed by atoms with Crippen molar-refractivity contribution in [1.82, 2.24) is 20.4 Å². The molecule has 35 heavy (non-hydrogen) atoms. The van der Waals surface area contributed by atoms with Crippen LogP contribution in [-0.2, 0) is 4.79 Å². The van der Waals surface area contributed by atoms with E-state index in [0.29, 0.717) is 27.4 Å². The van der Waals surface area contributed by atoms with Crippen LogP contribution in [-0.4, -0.2) is 21.2 Å². The van der Waals surface area contributed by atoms with Crippen molar-refractivity contribution in [2.75, 3.05) is 5.75 Å². The summed E-state index contributed by atoms with van der Waals surface area (Å²) in [5.74, 6) is -0.202. The lowest BCUT2D eigenvalue weighted by Gasteiger charge is -2.15. The van der Waals surface area contributed by atoms with Crippen LogP contribution in [0.5, 0.6) is 0 Å². The molecule has 0 aliphatic carbocycles. The van der Waals surface area contributed by atoms with Gasteiger partial charge in [0.2, 0.25) is 5.91 Å². The van der Waals surface area contributed by atoms with Crippen LogP contribution in [0.4, 0.5) is 0 Å². The molecule has 0 saturated carbocycles. The predicted molar refractivity (Wildman–Crippen MR) is 142 cm³/mol. The van der Waals surface area contributed by atoms with E-state index in [0.717, 1.165) is 16.3 Å². The summed E-state index contributed by atoms with van der Waals surface area (Å²) in [6.07, 6.45) is 0. The number of nitrogens with zero attached hydrogens (tertiary/aromatic N) is 2. The zero-order valence-electron chi connectivity index (χ0n) is 18.8. The van der Waals surface area contributed by atoms with E-state index in [2.05, 4.69) is 22.4 Å². The molecule has 0 radical (unpaired) electrons. The summed E-state index contributed by atoms with van der Waals surface area (Å²) >= 11 is 1.20. The van der Waals surface area contributed by atoms with Gasteiger partial charge in [-0.15, -0.1) is 0 Å². The zero-order valence-corrected chi connectivity index (χ0v) is 19.6. The molecule has 6 nitrogen and oxygen atoms in total. The summed E-state index contributed by atoms with van der Waals surface area (Å²) in [6, 6.07) is 30.5. The summed E-state index contributed by atoms with van der Waals surface area (Å²) in [5.41, 5.74) is 8.23. The van der Waals surface area contributed by atoms with Crippen LogP contribution in [0.1, 0.15) is 5.56 Å². The molecule has 1 amide bonds. The molecule has 0 atom stereocenters. The van der Waals surface area contributed by atoms with Gasteiger partial charge in [0, 0.05) is 5.56 Å². The van der Waals surface area contributed by atoms with Gasteiger partial charge in [-0.05, 0) is 35.0 Å². The largest absolute Gasteiger partial charge is 0.299 e. The SMILES string of the molecule is C=C(NNC(=O)CSc1nc2ccccc2c(=O)n1-c1ccccc1)c1cccc2ccccc12. The summed E-state index contributed by atoms with van der Waals surface area (Å²) in [6.45, 7) is 4.07. The summed E-state index contributed by atoms with van der Waals surface area (Å²) in [5, 5.41) is 3.11. The molecule has 0 fully saturated rings. The number of benzene rings is 4. The molecule has 0 saturated heterocycles. The first kappa shape index (κ1) is 22.4. The Hall–Kier alpha value is -4.36. The van der Waals surface area contributed by atoms with E-state index in [4.69, 9.17) is 0 Å². The highest BCUT2D eigenvalue weighted by atomic mass is 32.2. The highest BCUT2D eigenvalue weighted by Crippen LogP contribution is 2.23. The van der Waals surface area contributed by atoms with Crippen LogP contribution >= 0.6 is 11.8 Å². The number of rotatable bonds is 7. The number of carbonyl (C=O) groups is 1. The zero-order chi connectivity index (χ0) is 24.2. The van der Waals surface area contributed by atoms with Gasteiger partial charge in [0.1, 0.15) is 0 Å². The third-order valence-corrected chi connectivity index (χ3v) is 6.50. The molecule has 0 aliphatic rings. The van der Waals surface area contributed by atoms with Gasteiger partial charge in [-0.2, -0.15) is 0 Å². The molecular formula is C28H22N4O2S. The van der Waals surface area contributed by atoms with Crippen LogP contribution in [0.15, 0.2) is 114 Å². The minimum atomic E-state index is -0.265. The van der Waals surface area contributed by atoms with Crippen molar-refractivity contribution in [3.63, 3.8) is 0 Å². The highest BCUT2D eigenvalue weighted by molar-refractivity contribution is 7.99. The minimum Gasteiger partial charge on any atom is -0.299 e. The van der Waals surface area contributed by atoms with Crippen molar-refractivity contribution in [1.29, 1.82) is 0 Å². The maximum Gasteiger partial charge on any atom is 0.266 e. The first-order chi connectivity index (χ1) is 17.1. The quantitative estimate of drug-likeness (QED) is 0.197. The van der Waals surface area contributed by atoms with E-state index < -0.39 is 0 Å². The smallest absolute Gasteiger partial charge is 0.266 e. The second-order valence-electron chi connectivity index (χ2n) is 7.85. The number of hydrogen-bond acceptors (Lipinski definition) is 5. The lowest BCUT2D eigenvalue weighted by atomic mass is 10.0. The molecule has 0 bridgehead atoms. The topological polar surface area (TPSA) is 76.0 Å². The van der Waals surface area contributed by atoms with Gasteiger partial charge in [0.15, 0.2) is 5.16 Å². The molecule has 1 heterocycles. The maximum atomic E-state index is 13.3. The number of hydrazine groups is 1. The Morgan fingerprint density at radius 1 is 0.829 bits per heavy atom. The van der Waals surface area contributed by atoms with Crippen molar-refractivity contribution in [3.05, 3.63) is 120 Å². The predicted octanol–water partition coefficient (Wildman–Crippen LogP) is 4.92. The van der Waals surface area contributed by atoms with Gasteiger partial charge in [-0.1, -0.05) is 91.1 Å². The fourth-order valence-corrected chi connectivity index (χ4v) is 4.69. The van der Waals surface area contributed by atoms with Crippen molar-refractivity contribution in [2.45, 2.75) is 5.16 Å². The fraction of sp³-hybridized carbons (Fsp3) is 0.0357. The molecule has 0 unspecified atom stereocenters.